The van der Waals surface area contributed by atoms with Crippen molar-refractivity contribution in [2.75, 3.05) is 90.3 Å². The lowest BCUT2D eigenvalue weighted by Crippen LogP contribution is -2.45. The zero-order valence-corrected chi connectivity index (χ0v) is 21.2. The molecule has 0 amide bonds. The third-order valence-corrected chi connectivity index (χ3v) is 6.85. The van der Waals surface area contributed by atoms with E-state index in [-0.39, 0.29) is 5.78 Å². The van der Waals surface area contributed by atoms with Crippen LogP contribution in [0.4, 0.5) is 11.4 Å². The number of hydrogen-bond donors (Lipinski definition) is 0. The lowest BCUT2D eigenvalue weighted by molar-refractivity contribution is 0.104. The summed E-state index contributed by atoms with van der Waals surface area (Å²) in [5, 5.41) is 0. The first-order valence-electron chi connectivity index (χ1n) is 12.4. The molecule has 2 aliphatic heterocycles. The van der Waals surface area contributed by atoms with E-state index in [1.54, 1.807) is 6.08 Å². The van der Waals surface area contributed by atoms with Crippen LogP contribution in [0.1, 0.15) is 21.5 Å². The molecule has 0 saturated carbocycles. The van der Waals surface area contributed by atoms with Crippen molar-refractivity contribution in [3.8, 4) is 0 Å². The fourth-order valence-corrected chi connectivity index (χ4v) is 4.71. The first kappa shape index (κ1) is 24.5. The normalized spacial score (nSPS) is 18.3. The molecule has 0 unspecified atom stereocenters. The maximum Gasteiger partial charge on any atom is 0.185 e. The van der Waals surface area contributed by atoms with Gasteiger partial charge in [0.25, 0.3) is 0 Å². The van der Waals surface area contributed by atoms with Gasteiger partial charge in [0.1, 0.15) is 0 Å². The molecule has 6 nitrogen and oxygen atoms in total. The Hall–Kier alpha value is -2.67. The number of allylic oxidation sites excluding steroid dienone is 1. The topological polar surface area (TPSA) is 33.3 Å². The predicted molar refractivity (Wildman–Crippen MR) is 143 cm³/mol. The average Bonchev–Trinajstić information content (AvgIpc) is 2.83. The predicted octanol–water partition coefficient (Wildman–Crippen LogP) is 3.15. The molecule has 2 saturated heterocycles. The van der Waals surface area contributed by atoms with Crippen molar-refractivity contribution in [3.63, 3.8) is 0 Å². The van der Waals surface area contributed by atoms with Crippen LogP contribution in [0.5, 0.6) is 0 Å². The molecule has 34 heavy (non-hydrogen) atoms. The average molecular weight is 462 g/mol. The molecule has 2 heterocycles. The Morgan fingerprint density at radius 1 is 0.853 bits per heavy atom. The van der Waals surface area contributed by atoms with E-state index in [0.29, 0.717) is 0 Å². The highest BCUT2D eigenvalue weighted by Gasteiger charge is 2.20. The van der Waals surface area contributed by atoms with E-state index < -0.39 is 0 Å². The number of piperazine rings is 2. The van der Waals surface area contributed by atoms with Crippen molar-refractivity contribution in [3.05, 3.63) is 65.2 Å². The molecule has 4 rings (SSSR count). The fourth-order valence-electron chi connectivity index (χ4n) is 4.71. The van der Waals surface area contributed by atoms with Crippen molar-refractivity contribution in [2.24, 2.45) is 0 Å². The van der Waals surface area contributed by atoms with Crippen LogP contribution in [-0.2, 0) is 6.54 Å². The molecule has 0 radical (unpaired) electrons. The number of hydrogen-bond acceptors (Lipinski definition) is 6. The van der Waals surface area contributed by atoms with Gasteiger partial charge in [0.2, 0.25) is 0 Å². The van der Waals surface area contributed by atoms with Crippen LogP contribution in [0.3, 0.4) is 0 Å². The van der Waals surface area contributed by atoms with E-state index in [4.69, 9.17) is 0 Å². The van der Waals surface area contributed by atoms with E-state index in [1.807, 2.05) is 38.4 Å². The van der Waals surface area contributed by atoms with E-state index in [0.717, 1.165) is 75.6 Å². The minimum Gasteiger partial charge on any atom is -0.369 e. The number of rotatable bonds is 7. The largest absolute Gasteiger partial charge is 0.369 e. The third-order valence-electron chi connectivity index (χ3n) is 6.85. The van der Waals surface area contributed by atoms with Gasteiger partial charge in [0, 0.05) is 75.8 Å². The Labute approximate surface area is 205 Å². The Morgan fingerprint density at radius 3 is 2.15 bits per heavy atom. The van der Waals surface area contributed by atoms with Gasteiger partial charge in [-0.25, -0.2) is 0 Å². The summed E-state index contributed by atoms with van der Waals surface area (Å²) < 4.78 is 0. The maximum atomic E-state index is 13.0. The molecule has 0 atom stereocenters. The summed E-state index contributed by atoms with van der Waals surface area (Å²) in [7, 11) is 8.45. The molecule has 6 heteroatoms. The summed E-state index contributed by atoms with van der Waals surface area (Å²) in [5.41, 5.74) is 5.52. The SMILES string of the molecule is CN(C)Cc1cccc(C(=O)/C=C/c2ccc(N3CCN(C)CC3)cc2N2CCN(C)CC2)c1. The van der Waals surface area contributed by atoms with Crippen LogP contribution in [0, 0.1) is 0 Å². The molecule has 2 aromatic carbocycles. The van der Waals surface area contributed by atoms with Crippen molar-refractivity contribution >= 4 is 23.2 Å². The second kappa shape index (κ2) is 11.2. The van der Waals surface area contributed by atoms with E-state index in [2.05, 4.69) is 62.9 Å². The quantitative estimate of drug-likeness (QED) is 0.465. The van der Waals surface area contributed by atoms with E-state index >= 15 is 0 Å². The van der Waals surface area contributed by atoms with Crippen molar-refractivity contribution in [2.45, 2.75) is 6.54 Å². The summed E-state index contributed by atoms with van der Waals surface area (Å²) in [4.78, 5) is 24.8. The monoisotopic (exact) mass is 461 g/mol. The van der Waals surface area contributed by atoms with Crippen LogP contribution >= 0.6 is 0 Å². The molecule has 182 valence electrons. The minimum absolute atomic E-state index is 0.0491. The van der Waals surface area contributed by atoms with E-state index in [1.165, 1.54) is 11.4 Å². The molecule has 2 fully saturated rings. The van der Waals surface area contributed by atoms with Gasteiger partial charge in [-0.15, -0.1) is 0 Å². The first-order chi connectivity index (χ1) is 16.4. The van der Waals surface area contributed by atoms with Crippen LogP contribution in [0.15, 0.2) is 48.5 Å². The number of carbonyl (C=O) groups excluding carboxylic acids is 1. The minimum atomic E-state index is 0.0491. The van der Waals surface area contributed by atoms with Gasteiger partial charge in [-0.2, -0.15) is 0 Å². The van der Waals surface area contributed by atoms with Crippen LogP contribution in [-0.4, -0.2) is 101 Å². The van der Waals surface area contributed by atoms with Crippen LogP contribution in [0.25, 0.3) is 6.08 Å². The second-order valence-electron chi connectivity index (χ2n) is 9.96. The summed E-state index contributed by atoms with van der Waals surface area (Å²) in [6.45, 7) is 9.23. The number of ketones is 1. The fraction of sp³-hybridized carbons (Fsp3) is 0.464. The van der Waals surface area contributed by atoms with Gasteiger partial charge in [0.05, 0.1) is 0 Å². The number of benzene rings is 2. The van der Waals surface area contributed by atoms with Gasteiger partial charge in [0.15, 0.2) is 5.78 Å². The van der Waals surface area contributed by atoms with Gasteiger partial charge >= 0.3 is 0 Å². The Bertz CT molecular complexity index is 1000. The molecular weight excluding hydrogens is 422 g/mol. The zero-order valence-electron chi connectivity index (χ0n) is 21.2. The Morgan fingerprint density at radius 2 is 1.50 bits per heavy atom. The van der Waals surface area contributed by atoms with Crippen molar-refractivity contribution in [1.82, 2.24) is 14.7 Å². The van der Waals surface area contributed by atoms with Gasteiger partial charge in [-0.1, -0.05) is 24.3 Å². The summed E-state index contributed by atoms with van der Waals surface area (Å²) in [6, 6.07) is 14.7. The first-order valence-corrected chi connectivity index (χ1v) is 12.4. The highest BCUT2D eigenvalue weighted by atomic mass is 16.1. The molecule has 0 bridgehead atoms. The summed E-state index contributed by atoms with van der Waals surface area (Å²) >= 11 is 0. The number of carbonyl (C=O) groups is 1. The number of anilines is 2. The lowest BCUT2D eigenvalue weighted by atomic mass is 10.0. The van der Waals surface area contributed by atoms with Crippen molar-refractivity contribution in [1.29, 1.82) is 0 Å². The summed E-state index contributed by atoms with van der Waals surface area (Å²) in [5.74, 6) is 0.0491. The smallest absolute Gasteiger partial charge is 0.185 e. The molecule has 0 aromatic heterocycles. The van der Waals surface area contributed by atoms with Gasteiger partial charge < -0.3 is 24.5 Å². The molecule has 2 aromatic rings. The van der Waals surface area contributed by atoms with Crippen LogP contribution in [0.2, 0.25) is 0 Å². The van der Waals surface area contributed by atoms with Gasteiger partial charge in [-0.3, -0.25) is 4.79 Å². The Balaban J connectivity index is 1.57. The molecule has 0 aliphatic carbocycles. The number of likely N-dealkylation sites (N-methyl/N-ethyl adjacent to an activating group) is 2. The van der Waals surface area contributed by atoms with Gasteiger partial charge in [-0.05, 0) is 69.7 Å². The second-order valence-corrected chi connectivity index (χ2v) is 9.96. The van der Waals surface area contributed by atoms with Crippen LogP contribution < -0.4 is 9.80 Å². The third kappa shape index (κ3) is 6.26. The Kier molecular flexibility index (Phi) is 8.03. The van der Waals surface area contributed by atoms with E-state index in [9.17, 15) is 4.79 Å². The number of nitrogens with zero attached hydrogens (tertiary/aromatic N) is 5. The highest BCUT2D eigenvalue weighted by molar-refractivity contribution is 6.07. The highest BCUT2D eigenvalue weighted by Crippen LogP contribution is 2.30. The molecule has 0 N–H and O–H groups in total. The lowest BCUT2D eigenvalue weighted by Gasteiger charge is -2.37. The standard InChI is InChI=1S/C28H39N5O/c1-29(2)22-23-6-5-7-25(20-23)28(34)11-9-24-8-10-26(32-16-12-30(3)13-17-32)21-27(24)33-18-14-31(4)15-19-33/h5-11,20-21H,12-19,22H2,1-4H3/b11-9+. The maximum absolute atomic E-state index is 13.0. The molecule has 0 spiro atoms. The zero-order chi connectivity index (χ0) is 24.1. The molecular formula is C28H39N5O. The molecule has 2 aliphatic rings. The van der Waals surface area contributed by atoms with Crippen molar-refractivity contribution < 1.29 is 4.79 Å². The summed E-state index contributed by atoms with van der Waals surface area (Å²) in [6.07, 6.45) is 3.74.